The van der Waals surface area contributed by atoms with Crippen molar-refractivity contribution >= 4 is 5.91 Å². The minimum Gasteiger partial charge on any atom is -0.351 e. The molecule has 0 saturated carbocycles. The van der Waals surface area contributed by atoms with Crippen LogP contribution in [0.4, 0.5) is 0 Å². The van der Waals surface area contributed by atoms with E-state index in [0.717, 1.165) is 26.1 Å². The van der Waals surface area contributed by atoms with Crippen LogP contribution in [0.5, 0.6) is 0 Å². The fourth-order valence-electron chi connectivity index (χ4n) is 2.28. The van der Waals surface area contributed by atoms with Crippen LogP contribution in [-0.4, -0.2) is 36.5 Å². The van der Waals surface area contributed by atoms with E-state index in [1.54, 1.807) is 0 Å². The van der Waals surface area contributed by atoms with Crippen molar-refractivity contribution in [2.45, 2.75) is 45.6 Å². The van der Waals surface area contributed by atoms with Crippen molar-refractivity contribution in [1.82, 2.24) is 10.2 Å². The molecule has 0 spiro atoms. The number of rotatable bonds is 6. The zero-order valence-corrected chi connectivity index (χ0v) is 10.9. The van der Waals surface area contributed by atoms with Crippen LogP contribution in [0.25, 0.3) is 0 Å². The molecule has 0 aromatic carbocycles. The van der Waals surface area contributed by atoms with Crippen LogP contribution < -0.4 is 5.32 Å². The van der Waals surface area contributed by atoms with Crippen molar-refractivity contribution in [1.29, 1.82) is 5.26 Å². The van der Waals surface area contributed by atoms with Gasteiger partial charge in [0.2, 0.25) is 5.91 Å². The smallest absolute Gasteiger partial charge is 0.237 e. The molecule has 1 rings (SSSR count). The summed E-state index contributed by atoms with van der Waals surface area (Å²) >= 11 is 0. The van der Waals surface area contributed by atoms with Crippen LogP contribution in [0.3, 0.4) is 0 Å². The molecule has 1 aliphatic rings. The lowest BCUT2D eigenvalue weighted by Crippen LogP contribution is -2.43. The summed E-state index contributed by atoms with van der Waals surface area (Å²) in [7, 11) is 0. The highest BCUT2D eigenvalue weighted by atomic mass is 16.1. The molecule has 0 aliphatic carbocycles. The number of nitrogens with one attached hydrogen (secondary N) is 1. The number of carbonyl (C=O) groups excluding carboxylic acids is 1. The van der Waals surface area contributed by atoms with Crippen molar-refractivity contribution < 1.29 is 4.79 Å². The standard InChI is InChI=1S/C13H23N3O/c1-3-6-12(9-14)13(17)15-11(2)10-16-7-4-5-8-16/h11-12H,3-8,10H2,1-2H3,(H,15,17). The van der Waals surface area contributed by atoms with Gasteiger partial charge in [0.25, 0.3) is 0 Å². The molecule has 96 valence electrons. The molecule has 1 N–H and O–H groups in total. The van der Waals surface area contributed by atoms with E-state index in [9.17, 15) is 4.79 Å². The van der Waals surface area contributed by atoms with E-state index in [1.807, 2.05) is 13.8 Å². The molecule has 4 heteroatoms. The van der Waals surface area contributed by atoms with E-state index in [2.05, 4.69) is 16.3 Å². The second-order valence-electron chi connectivity index (χ2n) is 4.89. The van der Waals surface area contributed by atoms with Gasteiger partial charge in [0.15, 0.2) is 0 Å². The third-order valence-electron chi connectivity index (χ3n) is 3.17. The lowest BCUT2D eigenvalue weighted by molar-refractivity contribution is -0.124. The van der Waals surface area contributed by atoms with E-state index < -0.39 is 5.92 Å². The van der Waals surface area contributed by atoms with Crippen LogP contribution in [0.15, 0.2) is 0 Å². The summed E-state index contributed by atoms with van der Waals surface area (Å²) in [6.45, 7) is 7.17. The predicted molar refractivity (Wildman–Crippen MR) is 67.3 cm³/mol. The molecular weight excluding hydrogens is 214 g/mol. The van der Waals surface area contributed by atoms with Gasteiger partial charge < -0.3 is 10.2 Å². The van der Waals surface area contributed by atoms with Crippen molar-refractivity contribution in [3.05, 3.63) is 0 Å². The Morgan fingerprint density at radius 3 is 2.65 bits per heavy atom. The number of amides is 1. The highest BCUT2D eigenvalue weighted by Crippen LogP contribution is 2.09. The van der Waals surface area contributed by atoms with Gasteiger partial charge in [0, 0.05) is 12.6 Å². The Morgan fingerprint density at radius 2 is 2.12 bits per heavy atom. The molecule has 2 atom stereocenters. The Balaban J connectivity index is 2.31. The van der Waals surface area contributed by atoms with Crippen LogP contribution in [0.1, 0.15) is 39.5 Å². The zero-order chi connectivity index (χ0) is 12.7. The van der Waals surface area contributed by atoms with Crippen molar-refractivity contribution in [3.8, 4) is 6.07 Å². The average molecular weight is 237 g/mol. The average Bonchev–Trinajstić information content (AvgIpc) is 2.78. The maximum absolute atomic E-state index is 11.8. The summed E-state index contributed by atoms with van der Waals surface area (Å²) in [4.78, 5) is 14.2. The second-order valence-corrected chi connectivity index (χ2v) is 4.89. The molecule has 1 heterocycles. The number of carbonyl (C=O) groups is 1. The Kier molecular flexibility index (Phi) is 5.99. The van der Waals surface area contributed by atoms with Crippen molar-refractivity contribution in [2.75, 3.05) is 19.6 Å². The van der Waals surface area contributed by atoms with Crippen LogP contribution in [0.2, 0.25) is 0 Å². The molecule has 1 amide bonds. The molecular formula is C13H23N3O. The SMILES string of the molecule is CCCC(C#N)C(=O)NC(C)CN1CCCC1. The topological polar surface area (TPSA) is 56.1 Å². The molecule has 1 aliphatic heterocycles. The van der Waals surface area contributed by atoms with Gasteiger partial charge in [-0.1, -0.05) is 13.3 Å². The zero-order valence-electron chi connectivity index (χ0n) is 10.9. The van der Waals surface area contributed by atoms with Gasteiger partial charge in [0.05, 0.1) is 6.07 Å². The Labute approximate surface area is 104 Å². The lowest BCUT2D eigenvalue weighted by atomic mass is 10.0. The van der Waals surface area contributed by atoms with Crippen molar-refractivity contribution in [2.24, 2.45) is 5.92 Å². The summed E-state index contributed by atoms with van der Waals surface area (Å²) in [5.41, 5.74) is 0. The van der Waals surface area contributed by atoms with Gasteiger partial charge >= 0.3 is 0 Å². The maximum atomic E-state index is 11.8. The van der Waals surface area contributed by atoms with Crippen molar-refractivity contribution in [3.63, 3.8) is 0 Å². The highest BCUT2D eigenvalue weighted by Gasteiger charge is 2.20. The summed E-state index contributed by atoms with van der Waals surface area (Å²) in [5, 5.41) is 11.8. The quantitative estimate of drug-likeness (QED) is 0.762. The van der Waals surface area contributed by atoms with Crippen LogP contribution in [0, 0.1) is 17.2 Å². The summed E-state index contributed by atoms with van der Waals surface area (Å²) < 4.78 is 0. The fourth-order valence-corrected chi connectivity index (χ4v) is 2.28. The number of likely N-dealkylation sites (tertiary alicyclic amines) is 1. The second kappa shape index (κ2) is 7.29. The third kappa shape index (κ3) is 4.74. The van der Waals surface area contributed by atoms with Gasteiger partial charge in [-0.25, -0.2) is 0 Å². The molecule has 4 nitrogen and oxygen atoms in total. The van der Waals surface area contributed by atoms with Gasteiger partial charge in [-0.15, -0.1) is 0 Å². The summed E-state index contributed by atoms with van der Waals surface area (Å²) in [6.07, 6.45) is 4.04. The molecule has 0 radical (unpaired) electrons. The van der Waals surface area contributed by atoms with E-state index in [0.29, 0.717) is 6.42 Å². The van der Waals surface area contributed by atoms with Gasteiger partial charge in [-0.05, 0) is 39.3 Å². The molecule has 2 unspecified atom stereocenters. The van der Waals surface area contributed by atoms with Crippen LogP contribution in [-0.2, 0) is 4.79 Å². The number of hydrogen-bond donors (Lipinski definition) is 1. The first-order valence-electron chi connectivity index (χ1n) is 6.59. The first-order chi connectivity index (χ1) is 8.17. The molecule has 0 bridgehead atoms. The maximum Gasteiger partial charge on any atom is 0.237 e. The van der Waals surface area contributed by atoms with E-state index in [1.165, 1.54) is 12.8 Å². The number of nitriles is 1. The number of nitrogens with zero attached hydrogens (tertiary/aromatic N) is 2. The van der Waals surface area contributed by atoms with Gasteiger partial charge in [-0.2, -0.15) is 5.26 Å². The van der Waals surface area contributed by atoms with Gasteiger partial charge in [-0.3, -0.25) is 4.79 Å². The monoisotopic (exact) mass is 237 g/mol. The van der Waals surface area contributed by atoms with E-state index in [4.69, 9.17) is 5.26 Å². The molecule has 0 aromatic heterocycles. The Bertz CT molecular complexity index is 279. The minimum atomic E-state index is -0.485. The summed E-state index contributed by atoms with van der Waals surface area (Å²) in [5.74, 6) is -0.595. The molecule has 1 fully saturated rings. The largest absolute Gasteiger partial charge is 0.351 e. The number of hydrogen-bond acceptors (Lipinski definition) is 3. The first-order valence-corrected chi connectivity index (χ1v) is 6.59. The third-order valence-corrected chi connectivity index (χ3v) is 3.17. The van der Waals surface area contributed by atoms with Gasteiger partial charge in [0.1, 0.15) is 5.92 Å². The Morgan fingerprint density at radius 1 is 1.47 bits per heavy atom. The fraction of sp³-hybridized carbons (Fsp3) is 0.846. The molecule has 17 heavy (non-hydrogen) atoms. The summed E-state index contributed by atoms with van der Waals surface area (Å²) in [6, 6.07) is 2.21. The highest BCUT2D eigenvalue weighted by molar-refractivity contribution is 5.81. The first kappa shape index (κ1) is 14.0. The normalized spacial score (nSPS) is 19.6. The molecule has 1 saturated heterocycles. The van der Waals surface area contributed by atoms with Crippen LogP contribution >= 0.6 is 0 Å². The minimum absolute atomic E-state index is 0.110. The lowest BCUT2D eigenvalue weighted by Gasteiger charge is -2.22. The van der Waals surface area contributed by atoms with E-state index >= 15 is 0 Å². The predicted octanol–water partition coefficient (Wildman–Crippen LogP) is 1.53. The van der Waals surface area contributed by atoms with E-state index in [-0.39, 0.29) is 11.9 Å². The molecule has 0 aromatic rings. The Hall–Kier alpha value is -1.08.